The van der Waals surface area contributed by atoms with Gasteiger partial charge in [0.1, 0.15) is 24.1 Å². The lowest BCUT2D eigenvalue weighted by atomic mass is 9.79. The quantitative estimate of drug-likeness (QED) is 0.369. The first-order valence-electron chi connectivity index (χ1n) is 9.74. The maximum atomic E-state index is 13.7. The van der Waals surface area contributed by atoms with E-state index in [0.717, 1.165) is 18.4 Å². The summed E-state index contributed by atoms with van der Waals surface area (Å²) in [6.07, 6.45) is 2.76. The summed E-state index contributed by atoms with van der Waals surface area (Å²) in [7, 11) is 0. The maximum absolute atomic E-state index is 13.7. The van der Waals surface area contributed by atoms with Crippen molar-refractivity contribution in [3.05, 3.63) is 71.5 Å². The highest BCUT2D eigenvalue weighted by Gasteiger charge is 2.44. The second-order valence-electron chi connectivity index (χ2n) is 7.41. The number of carbonyl (C=O) groups is 1. The largest absolute Gasteiger partial charge is 0.507 e. The lowest BCUT2D eigenvalue weighted by molar-refractivity contribution is -0.150. The number of esters is 1. The summed E-state index contributed by atoms with van der Waals surface area (Å²) in [5.74, 6) is -1.13. The number of H-pyrrole nitrogens is 1. The van der Waals surface area contributed by atoms with Gasteiger partial charge in [0.2, 0.25) is 0 Å². The molecular formula is C23H20FN3O3. The van der Waals surface area contributed by atoms with Crippen molar-refractivity contribution in [1.29, 1.82) is 5.26 Å². The molecule has 7 heteroatoms. The Morgan fingerprint density at radius 2 is 2.00 bits per heavy atom. The standard InChI is InChI=1S/C23H20FN3O3/c24-16-7-5-6-15(12-16)23(10-3-4-11-23)22(29)30-14-20(28)17(13-25)21-26-18-8-1-2-9-19(18)27-21/h1-2,5-9,12,28H,3-4,10-11,14H2,(H,26,27). The second kappa shape index (κ2) is 7.99. The first kappa shape index (κ1) is 19.6. The number of fused-ring (bicyclic) bond motifs is 1. The van der Waals surface area contributed by atoms with Crippen LogP contribution in [0.5, 0.6) is 0 Å². The number of benzene rings is 2. The van der Waals surface area contributed by atoms with Crippen LogP contribution in [0.3, 0.4) is 0 Å². The van der Waals surface area contributed by atoms with Crippen molar-refractivity contribution in [3.8, 4) is 6.07 Å². The average molecular weight is 405 g/mol. The highest BCUT2D eigenvalue weighted by atomic mass is 19.1. The molecule has 4 rings (SSSR count). The van der Waals surface area contributed by atoms with Crippen LogP contribution in [0, 0.1) is 17.1 Å². The molecule has 0 spiro atoms. The number of hydrogen-bond donors (Lipinski definition) is 2. The normalized spacial score (nSPS) is 16.1. The van der Waals surface area contributed by atoms with Gasteiger partial charge in [0.05, 0.1) is 16.4 Å². The molecule has 1 fully saturated rings. The minimum atomic E-state index is -0.936. The summed E-state index contributed by atoms with van der Waals surface area (Å²) in [5, 5.41) is 19.9. The number of nitrogens with zero attached hydrogens (tertiary/aromatic N) is 2. The van der Waals surface area contributed by atoms with Crippen molar-refractivity contribution >= 4 is 22.6 Å². The Hall–Kier alpha value is -3.66. The fraction of sp³-hybridized carbons (Fsp3) is 0.261. The predicted octanol–water partition coefficient (Wildman–Crippen LogP) is 4.55. The fourth-order valence-electron chi connectivity index (χ4n) is 4.04. The SMILES string of the molecule is N#CC(=C(O)COC(=O)C1(c2cccc(F)c2)CCCC1)c1nc2ccccc2[nH]1. The lowest BCUT2D eigenvalue weighted by Crippen LogP contribution is -2.35. The van der Waals surface area contributed by atoms with Gasteiger partial charge in [-0.3, -0.25) is 4.79 Å². The summed E-state index contributed by atoms with van der Waals surface area (Å²) in [6, 6.07) is 15.1. The van der Waals surface area contributed by atoms with Crippen LogP contribution in [0.1, 0.15) is 37.1 Å². The van der Waals surface area contributed by atoms with E-state index in [9.17, 15) is 19.6 Å². The summed E-state index contributed by atoms with van der Waals surface area (Å²) in [4.78, 5) is 20.3. The fourth-order valence-corrected chi connectivity index (χ4v) is 4.04. The first-order valence-corrected chi connectivity index (χ1v) is 9.74. The van der Waals surface area contributed by atoms with E-state index in [4.69, 9.17) is 4.74 Å². The number of nitrogens with one attached hydrogen (secondary N) is 1. The van der Waals surface area contributed by atoms with E-state index >= 15 is 0 Å². The summed E-state index contributed by atoms with van der Waals surface area (Å²) in [5.41, 5.74) is 0.924. The molecule has 0 atom stereocenters. The second-order valence-corrected chi connectivity index (χ2v) is 7.41. The van der Waals surface area contributed by atoms with Gasteiger partial charge in [-0.05, 0) is 42.7 Å². The van der Waals surface area contributed by atoms with Crippen molar-refractivity contribution in [2.45, 2.75) is 31.1 Å². The highest BCUT2D eigenvalue weighted by molar-refractivity contribution is 5.85. The Morgan fingerprint density at radius 1 is 1.23 bits per heavy atom. The van der Waals surface area contributed by atoms with Crippen LogP contribution in [0.2, 0.25) is 0 Å². The molecule has 1 aliphatic carbocycles. The van der Waals surface area contributed by atoms with Crippen LogP contribution in [-0.2, 0) is 14.9 Å². The van der Waals surface area contributed by atoms with Crippen LogP contribution in [-0.4, -0.2) is 27.7 Å². The number of hydrogen-bond acceptors (Lipinski definition) is 5. The van der Waals surface area contributed by atoms with Gasteiger partial charge in [-0.1, -0.05) is 37.1 Å². The van der Waals surface area contributed by atoms with E-state index < -0.39 is 29.6 Å². The number of halogens is 1. The maximum Gasteiger partial charge on any atom is 0.317 e. The Kier molecular flexibility index (Phi) is 5.23. The molecule has 0 bridgehead atoms. The molecule has 152 valence electrons. The highest BCUT2D eigenvalue weighted by Crippen LogP contribution is 2.42. The van der Waals surface area contributed by atoms with Gasteiger partial charge < -0.3 is 14.8 Å². The number of aromatic amines is 1. The molecule has 1 aromatic heterocycles. The third-order valence-electron chi connectivity index (χ3n) is 5.59. The third kappa shape index (κ3) is 3.52. The van der Waals surface area contributed by atoms with Crippen LogP contribution in [0.15, 0.2) is 54.3 Å². The van der Waals surface area contributed by atoms with E-state index in [-0.39, 0.29) is 11.4 Å². The van der Waals surface area contributed by atoms with Crippen molar-refractivity contribution < 1.29 is 19.0 Å². The first-order chi connectivity index (χ1) is 14.5. The topological polar surface area (TPSA) is 99.0 Å². The summed E-state index contributed by atoms with van der Waals surface area (Å²) < 4.78 is 19.2. The third-order valence-corrected chi connectivity index (χ3v) is 5.59. The Labute approximate surface area is 172 Å². The zero-order valence-corrected chi connectivity index (χ0v) is 16.2. The van der Waals surface area contributed by atoms with Gasteiger partial charge in [-0.25, -0.2) is 9.37 Å². The molecule has 2 aromatic carbocycles. The number of aliphatic hydroxyl groups excluding tert-OH is 1. The van der Waals surface area contributed by atoms with E-state index in [2.05, 4.69) is 9.97 Å². The number of carbonyl (C=O) groups excluding carboxylic acids is 1. The van der Waals surface area contributed by atoms with E-state index in [1.165, 1.54) is 12.1 Å². The minimum absolute atomic E-state index is 0.0924. The molecule has 0 radical (unpaired) electrons. The summed E-state index contributed by atoms with van der Waals surface area (Å²) >= 11 is 0. The van der Waals surface area contributed by atoms with Gasteiger partial charge in [0.15, 0.2) is 11.6 Å². The molecule has 6 nitrogen and oxygen atoms in total. The van der Waals surface area contributed by atoms with Crippen molar-refractivity contribution in [1.82, 2.24) is 9.97 Å². The summed E-state index contributed by atoms with van der Waals surface area (Å²) in [6.45, 7) is -0.462. The van der Waals surface area contributed by atoms with E-state index in [0.29, 0.717) is 23.9 Å². The van der Waals surface area contributed by atoms with E-state index in [1.54, 1.807) is 24.3 Å². The minimum Gasteiger partial charge on any atom is -0.507 e. The van der Waals surface area contributed by atoms with Gasteiger partial charge in [-0.2, -0.15) is 5.26 Å². The smallest absolute Gasteiger partial charge is 0.317 e. The molecule has 1 heterocycles. The molecule has 0 unspecified atom stereocenters. The number of aromatic nitrogens is 2. The van der Waals surface area contributed by atoms with Gasteiger partial charge in [0, 0.05) is 0 Å². The number of nitriles is 1. The zero-order chi connectivity index (χ0) is 21.1. The van der Waals surface area contributed by atoms with Crippen LogP contribution in [0.4, 0.5) is 4.39 Å². The van der Waals surface area contributed by atoms with Crippen LogP contribution in [0.25, 0.3) is 16.6 Å². The molecule has 1 saturated carbocycles. The average Bonchev–Trinajstić information content (AvgIpc) is 3.40. The molecule has 2 N–H and O–H groups in total. The Bertz CT molecular complexity index is 1140. The molecule has 0 aliphatic heterocycles. The van der Waals surface area contributed by atoms with Crippen molar-refractivity contribution in [2.75, 3.05) is 6.61 Å². The number of para-hydroxylation sites is 2. The Morgan fingerprint density at radius 3 is 2.70 bits per heavy atom. The number of rotatable bonds is 5. The van der Waals surface area contributed by atoms with Gasteiger partial charge in [-0.15, -0.1) is 0 Å². The number of allylic oxidation sites excluding steroid dienone is 1. The molecule has 1 aliphatic rings. The number of ether oxygens (including phenoxy) is 1. The number of aliphatic hydroxyl groups is 1. The Balaban J connectivity index is 1.57. The monoisotopic (exact) mass is 405 g/mol. The molecule has 3 aromatic rings. The van der Waals surface area contributed by atoms with Crippen molar-refractivity contribution in [3.63, 3.8) is 0 Å². The zero-order valence-electron chi connectivity index (χ0n) is 16.2. The molecular weight excluding hydrogens is 385 g/mol. The molecule has 30 heavy (non-hydrogen) atoms. The lowest BCUT2D eigenvalue weighted by Gasteiger charge is -2.27. The van der Waals surface area contributed by atoms with Gasteiger partial charge in [0.25, 0.3) is 0 Å². The molecule has 0 amide bonds. The number of imidazole rings is 1. The van der Waals surface area contributed by atoms with Gasteiger partial charge >= 0.3 is 5.97 Å². The van der Waals surface area contributed by atoms with Crippen LogP contribution >= 0.6 is 0 Å². The van der Waals surface area contributed by atoms with E-state index in [1.807, 2.05) is 18.2 Å². The van der Waals surface area contributed by atoms with Crippen molar-refractivity contribution in [2.24, 2.45) is 0 Å². The van der Waals surface area contributed by atoms with Crippen LogP contribution < -0.4 is 0 Å². The molecule has 0 saturated heterocycles. The predicted molar refractivity (Wildman–Crippen MR) is 109 cm³/mol.